The molecule has 16 heavy (non-hydrogen) atoms. The number of nitrogens with zero attached hydrogens (tertiary/aromatic N) is 3. The summed E-state index contributed by atoms with van der Waals surface area (Å²) in [5.74, 6) is 1.49. The van der Waals surface area contributed by atoms with Crippen LogP contribution >= 0.6 is 0 Å². The molecular formula is C12H13N3O. The van der Waals surface area contributed by atoms with Crippen molar-refractivity contribution in [2.45, 2.75) is 20.8 Å². The van der Waals surface area contributed by atoms with Gasteiger partial charge in [0, 0.05) is 5.56 Å². The monoisotopic (exact) mass is 215 g/mol. The summed E-state index contributed by atoms with van der Waals surface area (Å²) in [5.41, 5.74) is 2.46. The zero-order valence-electron chi connectivity index (χ0n) is 9.56. The fourth-order valence-corrected chi connectivity index (χ4v) is 1.71. The summed E-state index contributed by atoms with van der Waals surface area (Å²) in [6.45, 7) is 5.66. The van der Waals surface area contributed by atoms with E-state index in [1.54, 1.807) is 4.68 Å². The van der Waals surface area contributed by atoms with Crippen molar-refractivity contribution in [2.75, 3.05) is 0 Å². The summed E-state index contributed by atoms with van der Waals surface area (Å²) < 4.78 is 1.69. The van der Waals surface area contributed by atoms with Crippen LogP contribution in [0.2, 0.25) is 0 Å². The molecule has 0 atom stereocenters. The molecule has 1 aromatic heterocycles. The lowest BCUT2D eigenvalue weighted by atomic mass is 10.1. The molecule has 0 saturated carbocycles. The second-order valence-electron chi connectivity index (χ2n) is 3.80. The molecule has 0 spiro atoms. The zero-order chi connectivity index (χ0) is 11.7. The van der Waals surface area contributed by atoms with Crippen molar-refractivity contribution in [1.82, 2.24) is 14.8 Å². The van der Waals surface area contributed by atoms with Crippen molar-refractivity contribution in [3.05, 3.63) is 41.0 Å². The quantitative estimate of drug-likeness (QED) is 0.720. The first-order valence-electron chi connectivity index (χ1n) is 5.08. The Kier molecular flexibility index (Phi) is 2.56. The van der Waals surface area contributed by atoms with Crippen molar-refractivity contribution in [1.29, 1.82) is 0 Å². The molecule has 0 aliphatic rings. The molecule has 0 aliphatic carbocycles. The Morgan fingerprint density at radius 3 is 2.56 bits per heavy atom. The fraction of sp³-hybridized carbons (Fsp3) is 0.250. The number of aldehydes is 1. The minimum absolute atomic E-state index is 0.632. The van der Waals surface area contributed by atoms with Crippen LogP contribution in [0.1, 0.15) is 27.6 Å². The average molecular weight is 215 g/mol. The Bertz CT molecular complexity index is 543. The molecule has 82 valence electrons. The summed E-state index contributed by atoms with van der Waals surface area (Å²) in [6.07, 6.45) is 0.846. The van der Waals surface area contributed by atoms with Crippen molar-refractivity contribution < 1.29 is 4.79 Å². The van der Waals surface area contributed by atoms with Crippen molar-refractivity contribution in [2.24, 2.45) is 0 Å². The Morgan fingerprint density at radius 2 is 2.00 bits per heavy atom. The van der Waals surface area contributed by atoms with E-state index < -0.39 is 0 Å². The van der Waals surface area contributed by atoms with Crippen LogP contribution in [-0.4, -0.2) is 21.1 Å². The molecule has 4 heteroatoms. The van der Waals surface area contributed by atoms with Crippen LogP contribution in [0, 0.1) is 20.8 Å². The molecule has 4 nitrogen and oxygen atoms in total. The van der Waals surface area contributed by atoms with Gasteiger partial charge in [0.1, 0.15) is 11.6 Å². The number of hydrogen-bond acceptors (Lipinski definition) is 3. The number of aromatic nitrogens is 3. The minimum atomic E-state index is 0.632. The molecule has 0 radical (unpaired) electrons. The molecule has 1 aromatic carbocycles. The number of carbonyl (C=O) groups is 1. The number of benzene rings is 1. The van der Waals surface area contributed by atoms with Gasteiger partial charge in [0.25, 0.3) is 0 Å². The third-order valence-corrected chi connectivity index (χ3v) is 2.41. The van der Waals surface area contributed by atoms with Crippen LogP contribution in [-0.2, 0) is 0 Å². The molecule has 0 N–H and O–H groups in total. The largest absolute Gasteiger partial charge is 0.298 e. The summed E-state index contributed by atoms with van der Waals surface area (Å²) in [7, 11) is 0. The van der Waals surface area contributed by atoms with Gasteiger partial charge >= 0.3 is 0 Å². The van der Waals surface area contributed by atoms with Crippen LogP contribution in [0.4, 0.5) is 0 Å². The van der Waals surface area contributed by atoms with Crippen LogP contribution in [0.25, 0.3) is 5.69 Å². The minimum Gasteiger partial charge on any atom is -0.298 e. The molecule has 2 aromatic rings. The summed E-state index contributed by atoms with van der Waals surface area (Å²) >= 11 is 0. The Hall–Kier alpha value is -1.97. The molecular weight excluding hydrogens is 202 g/mol. The van der Waals surface area contributed by atoms with Crippen molar-refractivity contribution in [3.8, 4) is 5.69 Å². The van der Waals surface area contributed by atoms with Crippen LogP contribution in [0.15, 0.2) is 18.2 Å². The third-order valence-electron chi connectivity index (χ3n) is 2.41. The standard InChI is InChI=1S/C12H13N3O/c1-8-4-5-12(11(6-8)7-16)15-10(3)13-9(2)14-15/h4-7H,1-3H3. The predicted molar refractivity (Wildman–Crippen MR) is 61.0 cm³/mol. The van der Waals surface area contributed by atoms with E-state index in [1.807, 2.05) is 39.0 Å². The van der Waals surface area contributed by atoms with Gasteiger partial charge in [-0.15, -0.1) is 0 Å². The lowest BCUT2D eigenvalue weighted by Crippen LogP contribution is -2.03. The second-order valence-corrected chi connectivity index (χ2v) is 3.80. The molecule has 0 aliphatic heterocycles. The van der Waals surface area contributed by atoms with Crippen LogP contribution in [0.5, 0.6) is 0 Å². The van der Waals surface area contributed by atoms with Gasteiger partial charge in [-0.1, -0.05) is 11.6 Å². The topological polar surface area (TPSA) is 47.8 Å². The van der Waals surface area contributed by atoms with Gasteiger partial charge in [-0.3, -0.25) is 4.79 Å². The maximum absolute atomic E-state index is 11.0. The highest BCUT2D eigenvalue weighted by Crippen LogP contribution is 2.15. The first kappa shape index (κ1) is 10.5. The first-order chi connectivity index (χ1) is 7.61. The Labute approximate surface area is 93.9 Å². The normalized spacial score (nSPS) is 10.4. The molecule has 0 saturated heterocycles. The number of hydrogen-bond donors (Lipinski definition) is 0. The summed E-state index contributed by atoms with van der Waals surface area (Å²) in [5, 5.41) is 4.27. The zero-order valence-corrected chi connectivity index (χ0v) is 9.56. The first-order valence-corrected chi connectivity index (χ1v) is 5.08. The number of rotatable bonds is 2. The van der Waals surface area contributed by atoms with E-state index in [4.69, 9.17) is 0 Å². The summed E-state index contributed by atoms with van der Waals surface area (Å²) in [4.78, 5) is 15.2. The van der Waals surface area contributed by atoms with Gasteiger partial charge in [-0.25, -0.2) is 9.67 Å². The van der Waals surface area contributed by atoms with E-state index in [0.29, 0.717) is 11.4 Å². The fourth-order valence-electron chi connectivity index (χ4n) is 1.71. The van der Waals surface area contributed by atoms with E-state index in [1.165, 1.54) is 0 Å². The Balaban J connectivity index is 2.63. The molecule has 1 heterocycles. The highest BCUT2D eigenvalue weighted by molar-refractivity contribution is 5.81. The van der Waals surface area contributed by atoms with Gasteiger partial charge in [0.05, 0.1) is 5.69 Å². The summed E-state index contributed by atoms with van der Waals surface area (Å²) in [6, 6.07) is 5.69. The van der Waals surface area contributed by atoms with Crippen LogP contribution < -0.4 is 0 Å². The predicted octanol–water partition coefficient (Wildman–Crippen LogP) is 2.01. The van der Waals surface area contributed by atoms with Gasteiger partial charge in [-0.2, -0.15) is 5.10 Å². The molecule has 0 fully saturated rings. The van der Waals surface area contributed by atoms with Gasteiger partial charge in [-0.05, 0) is 32.9 Å². The van der Waals surface area contributed by atoms with Gasteiger partial charge < -0.3 is 0 Å². The maximum Gasteiger partial charge on any atom is 0.152 e. The highest BCUT2D eigenvalue weighted by atomic mass is 16.1. The van der Waals surface area contributed by atoms with Gasteiger partial charge in [0.2, 0.25) is 0 Å². The highest BCUT2D eigenvalue weighted by Gasteiger charge is 2.09. The molecule has 0 bridgehead atoms. The van der Waals surface area contributed by atoms with Crippen LogP contribution in [0.3, 0.4) is 0 Å². The van der Waals surface area contributed by atoms with E-state index in [2.05, 4.69) is 10.1 Å². The van der Waals surface area contributed by atoms with E-state index >= 15 is 0 Å². The lowest BCUT2D eigenvalue weighted by molar-refractivity contribution is 0.112. The van der Waals surface area contributed by atoms with E-state index in [0.717, 1.165) is 23.4 Å². The molecule has 0 unspecified atom stereocenters. The molecule has 0 amide bonds. The SMILES string of the molecule is Cc1ccc(-n2nc(C)nc2C)c(C=O)c1. The van der Waals surface area contributed by atoms with E-state index in [-0.39, 0.29) is 0 Å². The van der Waals surface area contributed by atoms with Gasteiger partial charge in [0.15, 0.2) is 6.29 Å². The third kappa shape index (κ3) is 1.74. The number of carbonyl (C=O) groups excluding carboxylic acids is 1. The average Bonchev–Trinajstić information content (AvgIpc) is 2.57. The smallest absolute Gasteiger partial charge is 0.152 e. The maximum atomic E-state index is 11.0. The number of aryl methyl sites for hydroxylation is 3. The lowest BCUT2D eigenvalue weighted by Gasteiger charge is -2.06. The van der Waals surface area contributed by atoms with Crippen molar-refractivity contribution in [3.63, 3.8) is 0 Å². The van der Waals surface area contributed by atoms with Crippen molar-refractivity contribution >= 4 is 6.29 Å². The Morgan fingerprint density at radius 1 is 1.25 bits per heavy atom. The van der Waals surface area contributed by atoms with E-state index in [9.17, 15) is 4.79 Å². The molecule has 2 rings (SSSR count). The second kappa shape index (κ2) is 3.89.